The predicted octanol–water partition coefficient (Wildman–Crippen LogP) is 3.98. The summed E-state index contributed by atoms with van der Waals surface area (Å²) < 4.78 is 0. The van der Waals surface area contributed by atoms with E-state index in [1.165, 1.54) is 0 Å². The van der Waals surface area contributed by atoms with Gasteiger partial charge in [0.2, 0.25) is 5.91 Å². The number of carbonyl (C=O) groups excluding carboxylic acids is 1. The molecule has 0 spiro atoms. The van der Waals surface area contributed by atoms with Crippen molar-refractivity contribution in [1.82, 2.24) is 5.32 Å². The molecule has 3 nitrogen and oxygen atoms in total. The molecule has 20 heavy (non-hydrogen) atoms. The maximum Gasteiger partial charge on any atom is 0.224 e. The zero-order chi connectivity index (χ0) is 14.3. The summed E-state index contributed by atoms with van der Waals surface area (Å²) in [5.74, 6) is 0.0962. The Morgan fingerprint density at radius 2 is 1.85 bits per heavy atom. The standard InChI is InChI=1S/C16H26N2O.ClH/c1-5-17-12-13-8-6-7-9-14(13)18-15(19)10-11-16(2,3)4;/h6-9,17H,5,10-12H2,1-4H3,(H,18,19);1H. The number of nitrogens with one attached hydrogen (secondary N) is 2. The van der Waals surface area contributed by atoms with E-state index in [0.29, 0.717) is 6.42 Å². The van der Waals surface area contributed by atoms with E-state index < -0.39 is 0 Å². The van der Waals surface area contributed by atoms with Crippen molar-refractivity contribution >= 4 is 24.0 Å². The SMILES string of the molecule is CCNCc1ccccc1NC(=O)CCC(C)(C)C.Cl. The number of anilines is 1. The maximum atomic E-state index is 12.0. The third-order valence-electron chi connectivity index (χ3n) is 2.96. The van der Waals surface area contributed by atoms with E-state index in [0.717, 1.165) is 30.8 Å². The maximum absolute atomic E-state index is 12.0. The summed E-state index contributed by atoms with van der Waals surface area (Å²) in [4.78, 5) is 12.0. The van der Waals surface area contributed by atoms with Gasteiger partial charge in [-0.1, -0.05) is 45.9 Å². The van der Waals surface area contributed by atoms with Gasteiger partial charge in [-0.3, -0.25) is 4.79 Å². The smallest absolute Gasteiger partial charge is 0.224 e. The second-order valence-electron chi connectivity index (χ2n) is 6.05. The van der Waals surface area contributed by atoms with Crippen molar-refractivity contribution in [2.75, 3.05) is 11.9 Å². The van der Waals surface area contributed by atoms with Crippen molar-refractivity contribution < 1.29 is 4.79 Å². The third kappa shape index (κ3) is 7.51. The summed E-state index contributed by atoms with van der Waals surface area (Å²) >= 11 is 0. The lowest BCUT2D eigenvalue weighted by Gasteiger charge is -2.18. The van der Waals surface area contributed by atoms with Crippen molar-refractivity contribution in [3.8, 4) is 0 Å². The minimum atomic E-state index is 0. The molecule has 0 radical (unpaired) electrons. The second-order valence-corrected chi connectivity index (χ2v) is 6.05. The van der Waals surface area contributed by atoms with Gasteiger partial charge in [-0.25, -0.2) is 0 Å². The van der Waals surface area contributed by atoms with E-state index in [9.17, 15) is 4.79 Å². The summed E-state index contributed by atoms with van der Waals surface area (Å²) in [6, 6.07) is 7.95. The number of rotatable bonds is 6. The quantitative estimate of drug-likeness (QED) is 0.834. The van der Waals surface area contributed by atoms with E-state index in [1.54, 1.807) is 0 Å². The largest absolute Gasteiger partial charge is 0.326 e. The molecule has 0 aliphatic rings. The lowest BCUT2D eigenvalue weighted by Crippen LogP contribution is -2.18. The zero-order valence-corrected chi connectivity index (χ0v) is 13.8. The Morgan fingerprint density at radius 3 is 2.45 bits per heavy atom. The Labute approximate surface area is 128 Å². The van der Waals surface area contributed by atoms with Gasteiger partial charge in [-0.05, 0) is 30.0 Å². The monoisotopic (exact) mass is 298 g/mol. The first-order valence-corrected chi connectivity index (χ1v) is 7.01. The van der Waals surface area contributed by atoms with Gasteiger partial charge in [0.05, 0.1) is 0 Å². The summed E-state index contributed by atoms with van der Waals surface area (Å²) in [6.45, 7) is 10.2. The molecule has 0 bridgehead atoms. The molecule has 0 heterocycles. The number of hydrogen-bond donors (Lipinski definition) is 2. The molecule has 0 saturated carbocycles. The van der Waals surface area contributed by atoms with Gasteiger partial charge in [0, 0.05) is 18.7 Å². The average molecular weight is 299 g/mol. The molecule has 1 rings (SSSR count). The lowest BCUT2D eigenvalue weighted by atomic mass is 9.90. The van der Waals surface area contributed by atoms with Gasteiger partial charge < -0.3 is 10.6 Å². The fourth-order valence-corrected chi connectivity index (χ4v) is 1.76. The number of halogens is 1. The summed E-state index contributed by atoms with van der Waals surface area (Å²) in [5, 5.41) is 6.30. The molecule has 0 fully saturated rings. The van der Waals surface area contributed by atoms with Crippen LogP contribution in [0.15, 0.2) is 24.3 Å². The van der Waals surface area contributed by atoms with Crippen molar-refractivity contribution in [3.05, 3.63) is 29.8 Å². The van der Waals surface area contributed by atoms with E-state index in [2.05, 4.69) is 38.3 Å². The number of benzene rings is 1. The molecular formula is C16H27ClN2O. The molecule has 1 amide bonds. The third-order valence-corrected chi connectivity index (χ3v) is 2.96. The molecule has 0 atom stereocenters. The highest BCUT2D eigenvalue weighted by atomic mass is 35.5. The first-order valence-electron chi connectivity index (χ1n) is 7.01. The Bertz CT molecular complexity index is 413. The van der Waals surface area contributed by atoms with Crippen molar-refractivity contribution in [1.29, 1.82) is 0 Å². The second kappa shape index (κ2) is 8.98. The highest BCUT2D eigenvalue weighted by Gasteiger charge is 2.13. The van der Waals surface area contributed by atoms with Gasteiger partial charge >= 0.3 is 0 Å². The van der Waals surface area contributed by atoms with Crippen LogP contribution >= 0.6 is 12.4 Å². The molecule has 114 valence electrons. The van der Waals surface area contributed by atoms with Crippen LogP contribution in [0.25, 0.3) is 0 Å². The van der Waals surface area contributed by atoms with E-state index in [-0.39, 0.29) is 23.7 Å². The molecule has 0 aliphatic heterocycles. The Balaban J connectivity index is 0.00000361. The molecule has 0 aromatic heterocycles. The fourth-order valence-electron chi connectivity index (χ4n) is 1.76. The summed E-state index contributed by atoms with van der Waals surface area (Å²) in [7, 11) is 0. The van der Waals surface area contributed by atoms with E-state index in [1.807, 2.05) is 24.3 Å². The number of para-hydroxylation sites is 1. The van der Waals surface area contributed by atoms with E-state index >= 15 is 0 Å². The highest BCUT2D eigenvalue weighted by Crippen LogP contribution is 2.21. The van der Waals surface area contributed by atoms with Crippen LogP contribution < -0.4 is 10.6 Å². The van der Waals surface area contributed by atoms with Crippen LogP contribution in [0.4, 0.5) is 5.69 Å². The van der Waals surface area contributed by atoms with E-state index in [4.69, 9.17) is 0 Å². The molecule has 2 N–H and O–H groups in total. The zero-order valence-electron chi connectivity index (χ0n) is 13.0. The summed E-state index contributed by atoms with van der Waals surface area (Å²) in [6.07, 6.45) is 1.47. The van der Waals surface area contributed by atoms with Crippen LogP contribution in [0.2, 0.25) is 0 Å². The van der Waals surface area contributed by atoms with Crippen LogP contribution in [-0.4, -0.2) is 12.5 Å². The molecule has 0 saturated heterocycles. The van der Waals surface area contributed by atoms with Crippen LogP contribution in [-0.2, 0) is 11.3 Å². The first kappa shape index (κ1) is 18.9. The Kier molecular flexibility index (Phi) is 8.51. The molecular weight excluding hydrogens is 272 g/mol. The fraction of sp³-hybridized carbons (Fsp3) is 0.562. The molecule has 1 aromatic carbocycles. The minimum Gasteiger partial charge on any atom is -0.326 e. The molecule has 0 unspecified atom stereocenters. The normalized spacial score (nSPS) is 10.8. The Morgan fingerprint density at radius 1 is 1.20 bits per heavy atom. The minimum absolute atomic E-state index is 0. The van der Waals surface area contributed by atoms with Crippen LogP contribution in [0.1, 0.15) is 46.1 Å². The van der Waals surface area contributed by atoms with Crippen molar-refractivity contribution in [3.63, 3.8) is 0 Å². The summed E-state index contributed by atoms with van der Waals surface area (Å²) in [5.41, 5.74) is 2.25. The molecule has 4 heteroatoms. The number of hydrogen-bond acceptors (Lipinski definition) is 2. The van der Waals surface area contributed by atoms with Crippen molar-refractivity contribution in [2.45, 2.75) is 47.1 Å². The highest BCUT2D eigenvalue weighted by molar-refractivity contribution is 5.91. The van der Waals surface area contributed by atoms with Gasteiger partial charge in [-0.2, -0.15) is 0 Å². The number of carbonyl (C=O) groups is 1. The first-order chi connectivity index (χ1) is 8.92. The average Bonchev–Trinajstić information content (AvgIpc) is 2.34. The van der Waals surface area contributed by atoms with Crippen LogP contribution in [0.3, 0.4) is 0 Å². The topological polar surface area (TPSA) is 41.1 Å². The van der Waals surface area contributed by atoms with Crippen LogP contribution in [0.5, 0.6) is 0 Å². The van der Waals surface area contributed by atoms with Gasteiger partial charge in [0.25, 0.3) is 0 Å². The Hall–Kier alpha value is -1.06. The van der Waals surface area contributed by atoms with Gasteiger partial charge in [0.1, 0.15) is 0 Å². The van der Waals surface area contributed by atoms with Gasteiger partial charge in [-0.15, -0.1) is 12.4 Å². The van der Waals surface area contributed by atoms with Crippen molar-refractivity contribution in [2.24, 2.45) is 5.41 Å². The van der Waals surface area contributed by atoms with Gasteiger partial charge in [0.15, 0.2) is 0 Å². The molecule has 1 aromatic rings. The number of amides is 1. The molecule has 0 aliphatic carbocycles. The lowest BCUT2D eigenvalue weighted by molar-refractivity contribution is -0.116. The van der Waals surface area contributed by atoms with Crippen LogP contribution in [0, 0.1) is 5.41 Å². The predicted molar refractivity (Wildman–Crippen MR) is 88.4 cm³/mol.